The predicted molar refractivity (Wildman–Crippen MR) is 25.5 cm³/mol. The van der Waals surface area contributed by atoms with Gasteiger partial charge in [-0.05, 0) is 0 Å². The molecule has 0 aromatic carbocycles. The average molecular weight is 143 g/mol. The van der Waals surface area contributed by atoms with Gasteiger partial charge in [0.2, 0.25) is 0 Å². The standard InChI is InChI=1S/Al.2ClH.K.4H/h;2*1H;;;;;/q;;;+1;;;;-1. The van der Waals surface area contributed by atoms with E-state index in [1.54, 1.807) is 0 Å². The fourth-order valence-corrected chi connectivity index (χ4v) is 0. The summed E-state index contributed by atoms with van der Waals surface area (Å²) >= 11 is 0. The molecule has 0 N–H and O–H groups in total. The van der Waals surface area contributed by atoms with Crippen molar-refractivity contribution in [1.82, 2.24) is 0 Å². The Morgan fingerprint density at radius 1 is 1.00 bits per heavy atom. The molecule has 0 fully saturated rings. The quantitative estimate of drug-likeness (QED) is 0.313. The normalized spacial score (nSPS) is 0. The molecule has 0 nitrogen and oxygen atoms in total. The molecule has 0 heterocycles. The van der Waals surface area contributed by atoms with Crippen molar-refractivity contribution in [2.24, 2.45) is 0 Å². The second-order valence-electron chi connectivity index (χ2n) is 0. The van der Waals surface area contributed by atoms with Gasteiger partial charge >= 0.3 is 51.4 Å². The van der Waals surface area contributed by atoms with Gasteiger partial charge in [-0.15, -0.1) is 24.8 Å². The molecule has 0 unspecified atom stereocenters. The molecule has 0 spiro atoms. The molecule has 24 valence electrons. The molecule has 0 aromatic rings. The molecular weight excluding hydrogens is 137 g/mol. The Morgan fingerprint density at radius 2 is 1.00 bits per heavy atom. The van der Waals surface area contributed by atoms with Crippen LogP contribution in [-0.2, 0) is 0 Å². The van der Waals surface area contributed by atoms with Crippen molar-refractivity contribution in [3.63, 3.8) is 0 Å². The van der Waals surface area contributed by atoms with Crippen LogP contribution < -0.4 is 51.4 Å². The topological polar surface area (TPSA) is 0 Å². The van der Waals surface area contributed by atoms with Crippen LogP contribution in [0, 0.1) is 0 Å². The van der Waals surface area contributed by atoms with Crippen LogP contribution in [0.4, 0.5) is 0 Å². The Kier molecular flexibility index (Phi) is 127. The van der Waals surface area contributed by atoms with Crippen molar-refractivity contribution in [3.8, 4) is 0 Å². The zero-order valence-electron chi connectivity index (χ0n) is 2.82. The molecule has 0 atom stereocenters. The van der Waals surface area contributed by atoms with Crippen molar-refractivity contribution in [2.75, 3.05) is 0 Å². The first-order valence-corrected chi connectivity index (χ1v) is 0. The summed E-state index contributed by atoms with van der Waals surface area (Å²) in [6.45, 7) is 0. The van der Waals surface area contributed by atoms with E-state index in [4.69, 9.17) is 0 Å². The molecule has 0 amide bonds. The second kappa shape index (κ2) is 17.2. The third kappa shape index (κ3) is 8.83. The number of halogens is 2. The minimum absolute atomic E-state index is 0. The molecule has 0 aliphatic carbocycles. The molecule has 0 rings (SSSR count). The Bertz CT molecular complexity index is 9.61. The maximum Gasteiger partial charge on any atom is 1.00 e. The molecule has 4 heteroatoms. The largest absolute Gasteiger partial charge is 1.00 e. The molecule has 0 radical (unpaired) electrons. The summed E-state index contributed by atoms with van der Waals surface area (Å²) in [6, 6.07) is 0. The van der Waals surface area contributed by atoms with Crippen molar-refractivity contribution < 1.29 is 52.8 Å². The van der Waals surface area contributed by atoms with Gasteiger partial charge in [-0.3, -0.25) is 0 Å². The summed E-state index contributed by atoms with van der Waals surface area (Å²) in [6.07, 6.45) is 0. The van der Waals surface area contributed by atoms with E-state index in [9.17, 15) is 0 Å². The van der Waals surface area contributed by atoms with E-state index in [-0.39, 0.29) is 95.0 Å². The summed E-state index contributed by atoms with van der Waals surface area (Å²) in [5.74, 6) is 0. The van der Waals surface area contributed by atoms with Gasteiger partial charge < -0.3 is 1.43 Å². The first-order chi connectivity index (χ1) is 0. The van der Waals surface area contributed by atoms with Crippen LogP contribution in [0.15, 0.2) is 0 Å². The van der Waals surface area contributed by atoms with E-state index in [1.807, 2.05) is 0 Å². The van der Waals surface area contributed by atoms with Crippen LogP contribution in [-0.4, -0.2) is 17.4 Å². The van der Waals surface area contributed by atoms with E-state index in [1.165, 1.54) is 0 Å². The Morgan fingerprint density at radius 3 is 1.00 bits per heavy atom. The van der Waals surface area contributed by atoms with Gasteiger partial charge in [0.05, 0.1) is 0 Å². The van der Waals surface area contributed by atoms with E-state index in [0.717, 1.165) is 0 Å². The third-order valence-electron chi connectivity index (χ3n) is 0. The molecule has 0 saturated heterocycles. The Labute approximate surface area is 93.0 Å². The maximum atomic E-state index is 0. The fraction of sp³-hybridized carbons (Fsp3) is 0. The van der Waals surface area contributed by atoms with Gasteiger partial charge in [0.25, 0.3) is 0 Å². The van der Waals surface area contributed by atoms with Gasteiger partial charge in [0.15, 0.2) is 17.4 Å². The average Bonchev–Trinajstić information content (AvgIpc) is 0. The van der Waals surface area contributed by atoms with Gasteiger partial charge in [0, 0.05) is 0 Å². The van der Waals surface area contributed by atoms with Crippen LogP contribution in [0.1, 0.15) is 1.43 Å². The number of rotatable bonds is 0. The van der Waals surface area contributed by atoms with Gasteiger partial charge in [0.1, 0.15) is 0 Å². The zero-order chi connectivity index (χ0) is 0. The smallest absolute Gasteiger partial charge is 1.00 e. The maximum absolute atomic E-state index is 0. The minimum atomic E-state index is 0. The SMILES string of the molecule is Cl.Cl.[AlH3].[H-].[K+]. The van der Waals surface area contributed by atoms with Crippen LogP contribution in [0.2, 0.25) is 0 Å². The number of hydrogen-bond donors (Lipinski definition) is 0. The molecule has 0 aromatic heterocycles. The summed E-state index contributed by atoms with van der Waals surface area (Å²) in [7, 11) is 0. The van der Waals surface area contributed by atoms with Gasteiger partial charge in [-0.25, -0.2) is 0 Å². The van der Waals surface area contributed by atoms with E-state index in [2.05, 4.69) is 0 Å². The van der Waals surface area contributed by atoms with Crippen LogP contribution >= 0.6 is 24.8 Å². The minimum Gasteiger partial charge on any atom is -1.00 e. The van der Waals surface area contributed by atoms with Crippen molar-refractivity contribution in [1.29, 1.82) is 0 Å². The molecule has 0 saturated carbocycles. The Hall–Kier alpha value is 2.75. The second-order valence-corrected chi connectivity index (χ2v) is 0. The third-order valence-corrected chi connectivity index (χ3v) is 0. The van der Waals surface area contributed by atoms with Crippen LogP contribution in [0.5, 0.6) is 0 Å². The van der Waals surface area contributed by atoms with Crippen LogP contribution in [0.25, 0.3) is 0 Å². The summed E-state index contributed by atoms with van der Waals surface area (Å²) in [4.78, 5) is 0. The monoisotopic (exact) mass is 142 g/mol. The molecule has 4 heavy (non-hydrogen) atoms. The summed E-state index contributed by atoms with van der Waals surface area (Å²) < 4.78 is 0. The van der Waals surface area contributed by atoms with Gasteiger partial charge in [-0.1, -0.05) is 0 Å². The van der Waals surface area contributed by atoms with Gasteiger partial charge in [-0.2, -0.15) is 0 Å². The Balaban J connectivity index is 0. The molecule has 0 aliphatic heterocycles. The van der Waals surface area contributed by atoms with E-state index >= 15 is 0 Å². The van der Waals surface area contributed by atoms with Crippen molar-refractivity contribution in [2.45, 2.75) is 0 Å². The molecule has 0 aliphatic rings. The van der Waals surface area contributed by atoms with E-state index in [0.29, 0.717) is 0 Å². The predicted octanol–water partition coefficient (Wildman–Crippen LogP) is -3.22. The zero-order valence-corrected chi connectivity index (χ0v) is 6.57. The first kappa shape index (κ1) is 29.5. The molecule has 0 bridgehead atoms. The number of hydrogen-bond acceptors (Lipinski definition) is 0. The fourth-order valence-electron chi connectivity index (χ4n) is 0. The first-order valence-electron chi connectivity index (χ1n) is 0. The summed E-state index contributed by atoms with van der Waals surface area (Å²) in [5, 5.41) is 0. The molecular formula is H6AlCl2K. The van der Waals surface area contributed by atoms with Crippen molar-refractivity contribution in [3.05, 3.63) is 0 Å². The van der Waals surface area contributed by atoms with Crippen molar-refractivity contribution >= 4 is 42.2 Å². The summed E-state index contributed by atoms with van der Waals surface area (Å²) in [5.41, 5.74) is 0. The van der Waals surface area contributed by atoms with E-state index < -0.39 is 0 Å². The van der Waals surface area contributed by atoms with Crippen LogP contribution in [0.3, 0.4) is 0 Å².